The third kappa shape index (κ3) is 2.91. The fourth-order valence-electron chi connectivity index (χ4n) is 1.70. The van der Waals surface area contributed by atoms with Crippen molar-refractivity contribution in [2.24, 2.45) is 5.92 Å². The van der Waals surface area contributed by atoms with Crippen LogP contribution in [0.15, 0.2) is 4.52 Å². The van der Waals surface area contributed by atoms with Gasteiger partial charge in [0.15, 0.2) is 0 Å². The Bertz CT molecular complexity index is 408. The lowest BCUT2D eigenvalue weighted by Gasteiger charge is -2.19. The zero-order valence-corrected chi connectivity index (χ0v) is 10.5. The number of ketones is 1. The summed E-state index contributed by atoms with van der Waals surface area (Å²) >= 11 is 0. The van der Waals surface area contributed by atoms with Gasteiger partial charge in [0.1, 0.15) is 11.4 Å². The zero-order valence-electron chi connectivity index (χ0n) is 10.5. The fourth-order valence-corrected chi connectivity index (χ4v) is 1.70. The highest BCUT2D eigenvalue weighted by Gasteiger charge is 2.32. The normalized spacial score (nSPS) is 16.2. The Morgan fingerprint density at radius 1 is 1.53 bits per heavy atom. The van der Waals surface area contributed by atoms with E-state index in [4.69, 9.17) is 9.26 Å². The SMILES string of the molecule is CCOC(C)(C)c1noc(CC(=O)C2CC2)n1. The molecule has 17 heavy (non-hydrogen) atoms. The van der Waals surface area contributed by atoms with E-state index in [1.54, 1.807) is 0 Å². The predicted octanol–water partition coefficient (Wildman–Crippen LogP) is 1.86. The van der Waals surface area contributed by atoms with Crippen LogP contribution in [0.5, 0.6) is 0 Å². The minimum Gasteiger partial charge on any atom is -0.368 e. The van der Waals surface area contributed by atoms with E-state index in [-0.39, 0.29) is 18.1 Å². The summed E-state index contributed by atoms with van der Waals surface area (Å²) in [6.07, 6.45) is 2.26. The summed E-state index contributed by atoms with van der Waals surface area (Å²) < 4.78 is 10.6. The molecule has 5 heteroatoms. The lowest BCUT2D eigenvalue weighted by molar-refractivity contribution is -0.119. The van der Waals surface area contributed by atoms with E-state index < -0.39 is 5.60 Å². The first-order chi connectivity index (χ1) is 8.03. The molecule has 0 radical (unpaired) electrons. The Kier molecular flexibility index (Phi) is 3.28. The quantitative estimate of drug-likeness (QED) is 0.756. The summed E-state index contributed by atoms with van der Waals surface area (Å²) in [6.45, 7) is 6.26. The average molecular weight is 238 g/mol. The third-order valence-corrected chi connectivity index (χ3v) is 2.87. The van der Waals surface area contributed by atoms with Crippen LogP contribution < -0.4 is 0 Å². The number of aromatic nitrogens is 2. The number of Topliss-reactive ketones (excluding diaryl/α,β-unsaturated/α-hetero) is 1. The zero-order chi connectivity index (χ0) is 12.5. The smallest absolute Gasteiger partial charge is 0.234 e. The number of carbonyl (C=O) groups excluding carboxylic acids is 1. The first-order valence-electron chi connectivity index (χ1n) is 6.02. The van der Waals surface area contributed by atoms with Crippen LogP contribution in [0.4, 0.5) is 0 Å². The molecule has 0 saturated heterocycles. The van der Waals surface area contributed by atoms with Gasteiger partial charge >= 0.3 is 0 Å². The molecule has 1 aromatic heterocycles. The topological polar surface area (TPSA) is 65.2 Å². The van der Waals surface area contributed by atoms with Crippen molar-refractivity contribution in [3.63, 3.8) is 0 Å². The molecule has 2 rings (SSSR count). The third-order valence-electron chi connectivity index (χ3n) is 2.87. The summed E-state index contributed by atoms with van der Waals surface area (Å²) in [7, 11) is 0. The highest BCUT2D eigenvalue weighted by Crippen LogP contribution is 2.31. The second kappa shape index (κ2) is 4.56. The molecule has 0 amide bonds. The Balaban J connectivity index is 2.01. The Hall–Kier alpha value is -1.23. The molecule has 1 saturated carbocycles. The molecule has 1 fully saturated rings. The molecule has 0 unspecified atom stereocenters. The molecule has 0 bridgehead atoms. The van der Waals surface area contributed by atoms with Gasteiger partial charge < -0.3 is 9.26 Å². The van der Waals surface area contributed by atoms with Gasteiger partial charge in [-0.2, -0.15) is 4.98 Å². The van der Waals surface area contributed by atoms with Gasteiger partial charge in [0.05, 0.1) is 6.42 Å². The molecule has 0 spiro atoms. The van der Waals surface area contributed by atoms with Gasteiger partial charge in [-0.3, -0.25) is 4.79 Å². The molecule has 94 valence electrons. The number of carbonyl (C=O) groups is 1. The molecular formula is C12H18N2O3. The van der Waals surface area contributed by atoms with Gasteiger partial charge in [0, 0.05) is 12.5 Å². The number of ether oxygens (including phenoxy) is 1. The van der Waals surface area contributed by atoms with E-state index in [9.17, 15) is 4.79 Å². The van der Waals surface area contributed by atoms with Crippen molar-refractivity contribution in [1.29, 1.82) is 0 Å². The molecule has 1 aliphatic rings. The number of nitrogens with zero attached hydrogens (tertiary/aromatic N) is 2. The van der Waals surface area contributed by atoms with Gasteiger partial charge in [-0.05, 0) is 33.6 Å². The van der Waals surface area contributed by atoms with E-state index in [0.29, 0.717) is 18.3 Å². The molecular weight excluding hydrogens is 220 g/mol. The summed E-state index contributed by atoms with van der Waals surface area (Å²) in [5, 5.41) is 3.88. The van der Waals surface area contributed by atoms with E-state index in [2.05, 4.69) is 10.1 Å². The maximum atomic E-state index is 11.6. The fraction of sp³-hybridized carbons (Fsp3) is 0.750. The van der Waals surface area contributed by atoms with Crippen LogP contribution in [0.3, 0.4) is 0 Å². The molecule has 1 heterocycles. The van der Waals surface area contributed by atoms with Crippen LogP contribution in [0.2, 0.25) is 0 Å². The standard InChI is InChI=1S/C12H18N2O3/c1-4-16-12(2,3)11-13-10(17-14-11)7-9(15)8-5-6-8/h8H,4-7H2,1-3H3. The van der Waals surface area contributed by atoms with Crippen molar-refractivity contribution in [3.8, 4) is 0 Å². The molecule has 0 atom stereocenters. The first kappa shape index (κ1) is 12.2. The van der Waals surface area contributed by atoms with Crippen LogP contribution in [0, 0.1) is 5.92 Å². The summed E-state index contributed by atoms with van der Waals surface area (Å²) in [5.41, 5.74) is -0.570. The van der Waals surface area contributed by atoms with Crippen LogP contribution in [-0.4, -0.2) is 22.5 Å². The number of hydrogen-bond acceptors (Lipinski definition) is 5. The lowest BCUT2D eigenvalue weighted by Crippen LogP contribution is -2.23. The monoisotopic (exact) mass is 238 g/mol. The summed E-state index contributed by atoms with van der Waals surface area (Å²) in [4.78, 5) is 15.8. The second-order valence-electron chi connectivity index (χ2n) is 4.87. The Labute approximate surface area is 101 Å². The van der Waals surface area contributed by atoms with Gasteiger partial charge in [0.2, 0.25) is 11.7 Å². The van der Waals surface area contributed by atoms with Gasteiger partial charge in [-0.1, -0.05) is 5.16 Å². The largest absolute Gasteiger partial charge is 0.368 e. The highest BCUT2D eigenvalue weighted by molar-refractivity contribution is 5.84. The Morgan fingerprint density at radius 3 is 2.82 bits per heavy atom. The van der Waals surface area contributed by atoms with Gasteiger partial charge in [0.25, 0.3) is 0 Å². The second-order valence-corrected chi connectivity index (χ2v) is 4.87. The van der Waals surface area contributed by atoms with Crippen molar-refractivity contribution < 1.29 is 14.1 Å². The molecule has 0 aromatic carbocycles. The van der Waals surface area contributed by atoms with E-state index in [1.165, 1.54) is 0 Å². The number of hydrogen-bond donors (Lipinski definition) is 0. The lowest BCUT2D eigenvalue weighted by atomic mass is 10.1. The average Bonchev–Trinajstić information content (AvgIpc) is 2.99. The molecule has 1 aromatic rings. The van der Waals surface area contributed by atoms with Crippen LogP contribution in [0.25, 0.3) is 0 Å². The molecule has 0 N–H and O–H groups in total. The van der Waals surface area contributed by atoms with Crippen molar-refractivity contribution in [2.75, 3.05) is 6.61 Å². The van der Waals surface area contributed by atoms with E-state index >= 15 is 0 Å². The van der Waals surface area contributed by atoms with Gasteiger partial charge in [-0.25, -0.2) is 0 Å². The Morgan fingerprint density at radius 2 is 2.24 bits per heavy atom. The maximum Gasteiger partial charge on any atom is 0.234 e. The summed E-state index contributed by atoms with van der Waals surface area (Å²) in [6, 6.07) is 0. The van der Waals surface area contributed by atoms with Crippen LogP contribution in [-0.2, 0) is 21.6 Å². The van der Waals surface area contributed by atoms with Crippen molar-refractivity contribution in [2.45, 2.75) is 45.6 Å². The maximum absolute atomic E-state index is 11.6. The van der Waals surface area contributed by atoms with E-state index in [0.717, 1.165) is 12.8 Å². The van der Waals surface area contributed by atoms with E-state index in [1.807, 2.05) is 20.8 Å². The minimum atomic E-state index is -0.570. The minimum absolute atomic E-state index is 0.203. The molecule has 0 aliphatic heterocycles. The molecule has 5 nitrogen and oxygen atoms in total. The van der Waals surface area contributed by atoms with Crippen molar-refractivity contribution in [1.82, 2.24) is 10.1 Å². The summed E-state index contributed by atoms with van der Waals surface area (Å²) in [5.74, 6) is 1.32. The predicted molar refractivity (Wildman–Crippen MR) is 60.4 cm³/mol. The van der Waals surface area contributed by atoms with Crippen molar-refractivity contribution in [3.05, 3.63) is 11.7 Å². The van der Waals surface area contributed by atoms with Crippen LogP contribution >= 0.6 is 0 Å². The number of rotatable bonds is 6. The van der Waals surface area contributed by atoms with Crippen molar-refractivity contribution >= 4 is 5.78 Å². The van der Waals surface area contributed by atoms with Crippen LogP contribution in [0.1, 0.15) is 45.3 Å². The highest BCUT2D eigenvalue weighted by atomic mass is 16.5. The first-order valence-corrected chi connectivity index (χ1v) is 6.02. The molecule has 1 aliphatic carbocycles. The van der Waals surface area contributed by atoms with Gasteiger partial charge in [-0.15, -0.1) is 0 Å².